The molecule has 4 atom stereocenters. The highest BCUT2D eigenvalue weighted by Crippen LogP contribution is 2.40. The summed E-state index contributed by atoms with van der Waals surface area (Å²) in [5.41, 5.74) is 1.65. The molecule has 7 rings (SSSR count). The van der Waals surface area contributed by atoms with Crippen LogP contribution in [0.5, 0.6) is 6.01 Å². The van der Waals surface area contributed by atoms with Crippen LogP contribution in [-0.4, -0.2) is 62.5 Å². The number of ether oxygens (including phenoxy) is 2. The molecule has 3 aromatic heterocycles. The van der Waals surface area contributed by atoms with Gasteiger partial charge in [0.1, 0.15) is 23.2 Å². The number of imidazole rings is 1. The Hall–Kier alpha value is -4.10. The number of alkyl halides is 3. The quantitative estimate of drug-likeness (QED) is 0.250. The molecule has 0 aliphatic carbocycles. The van der Waals surface area contributed by atoms with Crippen molar-refractivity contribution in [3.05, 3.63) is 53.3 Å². The lowest BCUT2D eigenvalue weighted by atomic mass is 9.97. The molecule has 2 fully saturated rings. The van der Waals surface area contributed by atoms with Crippen molar-refractivity contribution in [3.8, 4) is 6.01 Å². The molecule has 224 valence electrons. The van der Waals surface area contributed by atoms with E-state index in [9.17, 15) is 23.1 Å². The minimum atomic E-state index is -4.87. The van der Waals surface area contributed by atoms with Gasteiger partial charge in [0.2, 0.25) is 5.82 Å². The number of furan rings is 1. The summed E-state index contributed by atoms with van der Waals surface area (Å²) in [6.07, 6.45) is -4.94. The molecule has 0 saturated carbocycles. The second-order valence-corrected chi connectivity index (χ2v) is 11.4. The number of benzene rings is 2. The zero-order valence-corrected chi connectivity index (χ0v) is 23.5. The summed E-state index contributed by atoms with van der Waals surface area (Å²) < 4.78 is 61.8. The lowest BCUT2D eigenvalue weighted by Gasteiger charge is -2.31. The molecule has 1 N–H and O–H groups in total. The molecule has 43 heavy (non-hydrogen) atoms. The number of carbonyl (C=O) groups is 1. The van der Waals surface area contributed by atoms with Crippen molar-refractivity contribution in [2.75, 3.05) is 24.7 Å². The maximum absolute atomic E-state index is 13.9. The molecule has 2 saturated heterocycles. The lowest BCUT2D eigenvalue weighted by Crippen LogP contribution is -2.37. The second kappa shape index (κ2) is 10.3. The fourth-order valence-corrected chi connectivity index (χ4v) is 6.27. The van der Waals surface area contributed by atoms with Gasteiger partial charge in [0.15, 0.2) is 11.4 Å². The Balaban J connectivity index is 1.30. The predicted octanol–water partition coefficient (Wildman–Crippen LogP) is 6.11. The number of anilines is 1. The smallest absolute Gasteiger partial charge is 0.451 e. The average molecular weight is 616 g/mol. The van der Waals surface area contributed by atoms with Crippen LogP contribution in [0.3, 0.4) is 0 Å². The van der Waals surface area contributed by atoms with E-state index >= 15 is 0 Å². The van der Waals surface area contributed by atoms with Crippen molar-refractivity contribution in [3.63, 3.8) is 0 Å². The summed E-state index contributed by atoms with van der Waals surface area (Å²) >= 11 is 6.24. The highest BCUT2D eigenvalue weighted by atomic mass is 35.5. The maximum Gasteiger partial charge on any atom is 0.451 e. The molecular formula is C29H25ClF3N5O5. The van der Waals surface area contributed by atoms with E-state index in [-0.39, 0.29) is 47.9 Å². The minimum absolute atomic E-state index is 0.00548. The Bertz CT molecular complexity index is 1870. The third kappa shape index (κ3) is 4.80. The van der Waals surface area contributed by atoms with E-state index in [0.717, 1.165) is 5.52 Å². The van der Waals surface area contributed by atoms with Gasteiger partial charge >= 0.3 is 12.1 Å². The topological polar surface area (TPSA) is 116 Å². The van der Waals surface area contributed by atoms with Gasteiger partial charge in [-0.1, -0.05) is 30.7 Å². The number of aromatic nitrogens is 4. The van der Waals surface area contributed by atoms with Gasteiger partial charge in [0, 0.05) is 35.4 Å². The van der Waals surface area contributed by atoms with Crippen LogP contribution in [0, 0.1) is 5.92 Å². The zero-order chi connectivity index (χ0) is 30.0. The molecule has 2 aromatic carbocycles. The van der Waals surface area contributed by atoms with Gasteiger partial charge in [-0.05, 0) is 36.8 Å². The highest BCUT2D eigenvalue weighted by molar-refractivity contribution is 6.31. The summed E-state index contributed by atoms with van der Waals surface area (Å²) in [7, 11) is 0. The Morgan fingerprint density at radius 1 is 1.16 bits per heavy atom. The summed E-state index contributed by atoms with van der Waals surface area (Å²) in [5, 5.41) is 11.0. The van der Waals surface area contributed by atoms with Gasteiger partial charge in [0.05, 0.1) is 24.2 Å². The number of fused-ring (bicyclic) bond motifs is 4. The van der Waals surface area contributed by atoms with Crippen LogP contribution in [0.1, 0.15) is 31.6 Å². The van der Waals surface area contributed by atoms with Crippen LogP contribution < -0.4 is 9.64 Å². The normalized spacial score (nSPS) is 23.0. The minimum Gasteiger partial charge on any atom is -0.480 e. The van der Waals surface area contributed by atoms with E-state index in [4.69, 9.17) is 30.5 Å². The molecule has 0 radical (unpaired) electrons. The third-order valence-corrected chi connectivity index (χ3v) is 8.33. The predicted molar refractivity (Wildman–Crippen MR) is 150 cm³/mol. The number of para-hydroxylation sites is 1. The van der Waals surface area contributed by atoms with Gasteiger partial charge in [0.25, 0.3) is 6.01 Å². The molecule has 14 heteroatoms. The number of carboxylic acid groups (broad SMARTS) is 1. The number of halogens is 4. The van der Waals surface area contributed by atoms with Crippen molar-refractivity contribution >= 4 is 56.5 Å². The van der Waals surface area contributed by atoms with E-state index in [2.05, 4.69) is 16.9 Å². The Kier molecular flexibility index (Phi) is 6.62. The average Bonchev–Trinajstić information content (AvgIpc) is 3.65. The molecule has 10 nitrogen and oxygen atoms in total. The van der Waals surface area contributed by atoms with Crippen LogP contribution in [0.25, 0.3) is 33.1 Å². The first-order chi connectivity index (χ1) is 20.6. The molecule has 2 aliphatic rings. The fraction of sp³-hybridized carbons (Fsp3) is 0.379. The van der Waals surface area contributed by atoms with Crippen molar-refractivity contribution in [1.82, 2.24) is 19.5 Å². The van der Waals surface area contributed by atoms with Crippen LogP contribution in [0.2, 0.25) is 5.02 Å². The molecule has 0 unspecified atom stereocenters. The second-order valence-electron chi connectivity index (χ2n) is 10.9. The number of carboxylic acids is 1. The van der Waals surface area contributed by atoms with E-state index < -0.39 is 30.1 Å². The number of aliphatic carboxylic acids is 1. The Labute approximate surface area is 247 Å². The Morgan fingerprint density at radius 3 is 2.74 bits per heavy atom. The molecule has 0 bridgehead atoms. The van der Waals surface area contributed by atoms with Crippen LogP contribution in [-0.2, 0) is 15.7 Å². The monoisotopic (exact) mass is 615 g/mol. The molecule has 2 aliphatic heterocycles. The third-order valence-electron chi connectivity index (χ3n) is 8.09. The summed E-state index contributed by atoms with van der Waals surface area (Å²) in [4.78, 5) is 26.0. The first-order valence-electron chi connectivity index (χ1n) is 13.8. The van der Waals surface area contributed by atoms with Crippen molar-refractivity contribution in [2.45, 2.75) is 44.1 Å². The van der Waals surface area contributed by atoms with E-state index in [1.54, 1.807) is 36.4 Å². The largest absolute Gasteiger partial charge is 0.480 e. The van der Waals surface area contributed by atoms with E-state index in [1.807, 2.05) is 10.6 Å². The summed E-state index contributed by atoms with van der Waals surface area (Å²) in [5.74, 6) is -2.74. The highest BCUT2D eigenvalue weighted by Gasteiger charge is 2.44. The number of nitrogens with zero attached hydrogens (tertiary/aromatic N) is 5. The molecule has 5 heterocycles. The van der Waals surface area contributed by atoms with Gasteiger partial charge < -0.3 is 23.9 Å². The van der Waals surface area contributed by atoms with E-state index in [0.29, 0.717) is 41.1 Å². The standard InChI is InChI=1S/C29H25ClF3N5O5/c1-14-13-41-9-8-19(14)38-20-7-6-15(30)10-18(20)34-28(38)42-16-11-21(26(39)40)37(12-16)25-24-23(35-27(36-25)29(31,32)33)17-4-2-3-5-22(17)43-24/h2-7,10,14,16,19,21H,8-9,11-13H2,1H3,(H,39,40)/t14-,16+,19-,21+/m1/s1. The van der Waals surface area contributed by atoms with Crippen LogP contribution in [0.15, 0.2) is 46.9 Å². The number of hydrogen-bond donors (Lipinski definition) is 1. The van der Waals surface area contributed by atoms with Crippen molar-refractivity contribution in [2.24, 2.45) is 5.92 Å². The molecule has 5 aromatic rings. The molecular weight excluding hydrogens is 591 g/mol. The van der Waals surface area contributed by atoms with Crippen LogP contribution in [0.4, 0.5) is 19.0 Å². The van der Waals surface area contributed by atoms with Crippen LogP contribution >= 0.6 is 11.6 Å². The zero-order valence-electron chi connectivity index (χ0n) is 22.7. The maximum atomic E-state index is 13.9. The van der Waals surface area contributed by atoms with E-state index in [1.165, 1.54) is 4.90 Å². The van der Waals surface area contributed by atoms with Gasteiger partial charge in [-0.15, -0.1) is 0 Å². The molecule has 0 spiro atoms. The SMILES string of the molecule is C[C@@H]1COCC[C@H]1n1c(O[C@H]2C[C@@H](C(=O)O)N(c3nc(C(F)(F)F)nc4c3oc3ccccc34)C2)nc2cc(Cl)ccc21. The first kappa shape index (κ1) is 27.7. The summed E-state index contributed by atoms with van der Waals surface area (Å²) in [6.45, 7) is 3.10. The first-order valence-corrected chi connectivity index (χ1v) is 14.1. The fourth-order valence-electron chi connectivity index (χ4n) is 6.10. The number of rotatable bonds is 5. The van der Waals surface area contributed by atoms with Gasteiger partial charge in [-0.2, -0.15) is 18.2 Å². The van der Waals surface area contributed by atoms with Gasteiger partial charge in [-0.25, -0.2) is 14.8 Å². The lowest BCUT2D eigenvalue weighted by molar-refractivity contribution is -0.144. The van der Waals surface area contributed by atoms with Crippen molar-refractivity contribution in [1.29, 1.82) is 0 Å². The Morgan fingerprint density at radius 2 is 1.98 bits per heavy atom. The van der Waals surface area contributed by atoms with Crippen molar-refractivity contribution < 1.29 is 37.0 Å². The summed E-state index contributed by atoms with van der Waals surface area (Å²) in [6, 6.07) is 10.9. The number of hydrogen-bond acceptors (Lipinski definition) is 8. The molecule has 0 amide bonds. The van der Waals surface area contributed by atoms with Gasteiger partial charge in [-0.3, -0.25) is 4.57 Å².